The molecule has 1 unspecified atom stereocenters. The van der Waals surface area contributed by atoms with Crippen molar-refractivity contribution in [3.05, 3.63) is 24.5 Å². The Balaban J connectivity index is 2.99. The first-order valence-corrected chi connectivity index (χ1v) is 6.43. The Bertz CT molecular complexity index is 365. The molecule has 0 aromatic carbocycles. The smallest absolute Gasteiger partial charge is 0.160 e. The van der Waals surface area contributed by atoms with E-state index in [1.807, 2.05) is 30.9 Å². The zero-order valence-electron chi connectivity index (χ0n) is 11.3. The number of anilines is 1. The monoisotopic (exact) mass is 250 g/mol. The number of pyridine rings is 1. The standard InChI is InChI=1S/C14H22N2O2/c1-4-8-16(12-6-5-7-15-9-12)13(10-17)14(18)11(2)3/h5-7,9,11,13,17H,4,8,10H2,1-3H3. The lowest BCUT2D eigenvalue weighted by Gasteiger charge is -2.32. The van der Waals surface area contributed by atoms with Gasteiger partial charge in [0.25, 0.3) is 0 Å². The molecule has 0 aliphatic heterocycles. The normalized spacial score (nSPS) is 12.5. The van der Waals surface area contributed by atoms with E-state index in [1.54, 1.807) is 12.4 Å². The Morgan fingerprint density at radius 1 is 1.50 bits per heavy atom. The molecule has 0 aliphatic rings. The zero-order chi connectivity index (χ0) is 13.5. The van der Waals surface area contributed by atoms with Crippen LogP contribution < -0.4 is 4.90 Å². The lowest BCUT2D eigenvalue weighted by atomic mass is 10.0. The summed E-state index contributed by atoms with van der Waals surface area (Å²) in [5.74, 6) is -0.0204. The number of ketones is 1. The van der Waals surface area contributed by atoms with Crippen LogP contribution in [0.5, 0.6) is 0 Å². The highest BCUT2D eigenvalue weighted by Crippen LogP contribution is 2.18. The van der Waals surface area contributed by atoms with E-state index in [0.717, 1.165) is 18.7 Å². The van der Waals surface area contributed by atoms with E-state index in [1.165, 1.54) is 0 Å². The molecule has 0 saturated carbocycles. The number of aromatic nitrogens is 1. The van der Waals surface area contributed by atoms with Crippen molar-refractivity contribution < 1.29 is 9.90 Å². The van der Waals surface area contributed by atoms with Gasteiger partial charge in [-0.15, -0.1) is 0 Å². The third-order valence-corrected chi connectivity index (χ3v) is 2.89. The predicted molar refractivity (Wildman–Crippen MR) is 72.6 cm³/mol. The molecular weight excluding hydrogens is 228 g/mol. The second-order valence-electron chi connectivity index (χ2n) is 4.66. The Morgan fingerprint density at radius 2 is 2.22 bits per heavy atom. The largest absolute Gasteiger partial charge is 0.394 e. The third kappa shape index (κ3) is 3.53. The average molecular weight is 250 g/mol. The van der Waals surface area contributed by atoms with Crippen LogP contribution in [-0.2, 0) is 4.79 Å². The average Bonchev–Trinajstić information content (AvgIpc) is 2.39. The van der Waals surface area contributed by atoms with Crippen LogP contribution in [0.1, 0.15) is 27.2 Å². The molecule has 1 aromatic heterocycles. The van der Waals surface area contributed by atoms with Crippen LogP contribution >= 0.6 is 0 Å². The van der Waals surface area contributed by atoms with Gasteiger partial charge in [0, 0.05) is 18.7 Å². The lowest BCUT2D eigenvalue weighted by Crippen LogP contribution is -2.46. The summed E-state index contributed by atoms with van der Waals surface area (Å²) in [4.78, 5) is 18.2. The number of aliphatic hydroxyl groups is 1. The van der Waals surface area contributed by atoms with Crippen molar-refractivity contribution in [2.45, 2.75) is 33.2 Å². The molecule has 100 valence electrons. The van der Waals surface area contributed by atoms with Gasteiger partial charge in [-0.2, -0.15) is 0 Å². The molecule has 0 radical (unpaired) electrons. The quantitative estimate of drug-likeness (QED) is 0.803. The first-order chi connectivity index (χ1) is 8.61. The maximum absolute atomic E-state index is 12.1. The van der Waals surface area contributed by atoms with E-state index < -0.39 is 6.04 Å². The van der Waals surface area contributed by atoms with Crippen molar-refractivity contribution in [1.29, 1.82) is 0 Å². The SMILES string of the molecule is CCCN(c1cccnc1)C(CO)C(=O)C(C)C. The number of hydrogen-bond acceptors (Lipinski definition) is 4. The van der Waals surface area contributed by atoms with Gasteiger partial charge >= 0.3 is 0 Å². The van der Waals surface area contributed by atoms with Crippen molar-refractivity contribution in [2.24, 2.45) is 5.92 Å². The van der Waals surface area contributed by atoms with Crippen molar-refractivity contribution in [2.75, 3.05) is 18.1 Å². The number of aliphatic hydroxyl groups excluding tert-OH is 1. The van der Waals surface area contributed by atoms with Gasteiger partial charge < -0.3 is 10.0 Å². The van der Waals surface area contributed by atoms with Gasteiger partial charge in [-0.1, -0.05) is 20.8 Å². The van der Waals surface area contributed by atoms with Crippen LogP contribution in [-0.4, -0.2) is 35.1 Å². The molecule has 0 amide bonds. The number of hydrogen-bond donors (Lipinski definition) is 1. The highest BCUT2D eigenvalue weighted by Gasteiger charge is 2.26. The highest BCUT2D eigenvalue weighted by atomic mass is 16.3. The lowest BCUT2D eigenvalue weighted by molar-refractivity contribution is -0.124. The van der Waals surface area contributed by atoms with Crippen LogP contribution in [0.25, 0.3) is 0 Å². The van der Waals surface area contributed by atoms with Crippen LogP contribution in [0.4, 0.5) is 5.69 Å². The van der Waals surface area contributed by atoms with E-state index in [4.69, 9.17) is 0 Å². The summed E-state index contributed by atoms with van der Waals surface area (Å²) in [6.45, 7) is 6.34. The van der Waals surface area contributed by atoms with E-state index in [-0.39, 0.29) is 18.3 Å². The fraction of sp³-hybridized carbons (Fsp3) is 0.571. The summed E-state index contributed by atoms with van der Waals surface area (Å²) >= 11 is 0. The van der Waals surface area contributed by atoms with E-state index in [0.29, 0.717) is 0 Å². The molecule has 0 aliphatic carbocycles. The van der Waals surface area contributed by atoms with Gasteiger partial charge in [-0.3, -0.25) is 9.78 Å². The van der Waals surface area contributed by atoms with Gasteiger partial charge in [0.2, 0.25) is 0 Å². The van der Waals surface area contributed by atoms with Crippen LogP contribution in [0.15, 0.2) is 24.5 Å². The Labute approximate surface area is 109 Å². The first-order valence-electron chi connectivity index (χ1n) is 6.43. The van der Waals surface area contributed by atoms with Crippen molar-refractivity contribution in [3.63, 3.8) is 0 Å². The maximum atomic E-state index is 12.1. The summed E-state index contributed by atoms with van der Waals surface area (Å²) in [6, 6.07) is 3.28. The molecular formula is C14H22N2O2. The van der Waals surface area contributed by atoms with Crippen LogP contribution in [0.3, 0.4) is 0 Å². The van der Waals surface area contributed by atoms with Crippen molar-refractivity contribution in [1.82, 2.24) is 4.98 Å². The number of nitrogens with zero attached hydrogens (tertiary/aromatic N) is 2. The molecule has 18 heavy (non-hydrogen) atoms. The van der Waals surface area contributed by atoms with Crippen LogP contribution in [0, 0.1) is 5.92 Å². The zero-order valence-corrected chi connectivity index (χ0v) is 11.3. The summed E-state index contributed by atoms with van der Waals surface area (Å²) in [5.41, 5.74) is 0.882. The Kier molecular flexibility index (Phi) is 5.78. The molecule has 0 fully saturated rings. The molecule has 1 rings (SSSR count). The fourth-order valence-electron chi connectivity index (χ4n) is 1.96. The second kappa shape index (κ2) is 7.11. The summed E-state index contributed by atoms with van der Waals surface area (Å²) in [5, 5.41) is 9.52. The van der Waals surface area contributed by atoms with Gasteiger partial charge in [-0.25, -0.2) is 0 Å². The van der Waals surface area contributed by atoms with E-state index >= 15 is 0 Å². The summed E-state index contributed by atoms with van der Waals surface area (Å²) < 4.78 is 0. The molecule has 0 bridgehead atoms. The Hall–Kier alpha value is -1.42. The minimum absolute atomic E-state index is 0.0646. The molecule has 1 N–H and O–H groups in total. The molecule has 0 saturated heterocycles. The molecule has 1 heterocycles. The molecule has 1 atom stereocenters. The molecule has 4 heteroatoms. The maximum Gasteiger partial charge on any atom is 0.160 e. The van der Waals surface area contributed by atoms with Crippen molar-refractivity contribution >= 4 is 11.5 Å². The number of carbonyl (C=O) groups excluding carboxylic acids is 1. The number of rotatable bonds is 7. The number of Topliss-reactive ketones (excluding diaryl/α,β-unsaturated/α-hetero) is 1. The minimum atomic E-state index is -0.478. The third-order valence-electron chi connectivity index (χ3n) is 2.89. The summed E-state index contributed by atoms with van der Waals surface area (Å²) in [6.07, 6.45) is 4.34. The van der Waals surface area contributed by atoms with E-state index in [2.05, 4.69) is 11.9 Å². The topological polar surface area (TPSA) is 53.4 Å². The van der Waals surface area contributed by atoms with Gasteiger partial charge in [-0.05, 0) is 18.6 Å². The summed E-state index contributed by atoms with van der Waals surface area (Å²) in [7, 11) is 0. The molecule has 1 aromatic rings. The van der Waals surface area contributed by atoms with Crippen LogP contribution in [0.2, 0.25) is 0 Å². The molecule has 0 spiro atoms. The molecule has 4 nitrogen and oxygen atoms in total. The number of carbonyl (C=O) groups is 1. The fourth-order valence-corrected chi connectivity index (χ4v) is 1.96. The predicted octanol–water partition coefficient (Wildman–Crippen LogP) is 1.88. The highest BCUT2D eigenvalue weighted by molar-refractivity contribution is 5.88. The van der Waals surface area contributed by atoms with Gasteiger partial charge in [0.1, 0.15) is 6.04 Å². The first kappa shape index (κ1) is 14.6. The van der Waals surface area contributed by atoms with Gasteiger partial charge in [0.15, 0.2) is 5.78 Å². The minimum Gasteiger partial charge on any atom is -0.394 e. The van der Waals surface area contributed by atoms with E-state index in [9.17, 15) is 9.90 Å². The second-order valence-corrected chi connectivity index (χ2v) is 4.66. The van der Waals surface area contributed by atoms with Gasteiger partial charge in [0.05, 0.1) is 18.5 Å². The van der Waals surface area contributed by atoms with Crippen molar-refractivity contribution in [3.8, 4) is 0 Å². The Morgan fingerprint density at radius 3 is 2.67 bits per heavy atom.